The van der Waals surface area contributed by atoms with Crippen molar-refractivity contribution in [2.24, 2.45) is 0 Å². The largest absolute Gasteiger partial charge is 0.494 e. The molecule has 0 heterocycles. The summed E-state index contributed by atoms with van der Waals surface area (Å²) in [5.74, 6) is 1.69. The Morgan fingerprint density at radius 2 is 1.03 bits per heavy atom. The highest BCUT2D eigenvalue weighted by Gasteiger charge is 2.01. The van der Waals surface area contributed by atoms with Crippen LogP contribution in [0.2, 0.25) is 18.1 Å². The van der Waals surface area contributed by atoms with Crippen LogP contribution in [-0.2, 0) is 0 Å². The van der Waals surface area contributed by atoms with Gasteiger partial charge in [0.1, 0.15) is 11.5 Å². The van der Waals surface area contributed by atoms with E-state index in [-0.39, 0.29) is 8.80 Å². The number of hydrogen-bond donors (Lipinski definition) is 2. The van der Waals surface area contributed by atoms with Crippen molar-refractivity contribution >= 4 is 37.5 Å². The smallest absolute Gasteiger partial charge is 0.175 e. The van der Waals surface area contributed by atoms with Gasteiger partial charge in [0.15, 0.2) is 5.11 Å². The lowest BCUT2D eigenvalue weighted by Crippen LogP contribution is -2.18. The fraction of sp³-hybridized carbons (Fsp3) is 0.435. The first-order chi connectivity index (χ1) is 14.1. The zero-order valence-electron chi connectivity index (χ0n) is 18.5. The van der Waals surface area contributed by atoms with Crippen molar-refractivity contribution in [3.8, 4) is 11.5 Å². The van der Waals surface area contributed by atoms with Crippen molar-refractivity contribution in [2.75, 3.05) is 23.8 Å². The van der Waals surface area contributed by atoms with Crippen molar-refractivity contribution in [2.45, 2.75) is 52.8 Å². The first kappa shape index (κ1) is 25.0. The summed E-state index contributed by atoms with van der Waals surface area (Å²) in [6.45, 7) is 12.2. The molecule has 160 valence electrons. The van der Waals surface area contributed by atoms with E-state index in [1.807, 2.05) is 62.4 Å². The summed E-state index contributed by atoms with van der Waals surface area (Å²) in [5, 5.41) is 6.80. The zero-order chi connectivity index (χ0) is 21.5. The quantitative estimate of drug-likeness (QED) is 0.347. The Morgan fingerprint density at radius 1 is 0.690 bits per heavy atom. The van der Waals surface area contributed by atoms with Gasteiger partial charge in [-0.3, -0.25) is 0 Å². The van der Waals surface area contributed by atoms with Gasteiger partial charge in [0.2, 0.25) is 0 Å². The summed E-state index contributed by atoms with van der Waals surface area (Å²) in [6.07, 6.45) is 0. The summed E-state index contributed by atoms with van der Waals surface area (Å²) in [5.41, 5.74) is 1.82. The molecule has 0 saturated carbocycles. The van der Waals surface area contributed by atoms with E-state index in [1.54, 1.807) is 0 Å². The van der Waals surface area contributed by atoms with E-state index in [1.165, 1.54) is 18.1 Å². The van der Waals surface area contributed by atoms with Crippen LogP contribution in [0, 0.1) is 0 Å². The molecule has 6 heteroatoms. The number of hydrogen-bond acceptors (Lipinski definition) is 3. The Kier molecular flexibility index (Phi) is 12.8. The molecule has 29 heavy (non-hydrogen) atoms. The maximum absolute atomic E-state index is 5.40. The minimum Gasteiger partial charge on any atom is -0.494 e. The lowest BCUT2D eigenvalue weighted by Gasteiger charge is -2.12. The number of benzene rings is 2. The molecule has 2 N–H and O–H groups in total. The summed E-state index contributed by atoms with van der Waals surface area (Å²) in [6, 6.07) is 19.8. The molecule has 0 unspecified atom stereocenters. The lowest BCUT2D eigenvalue weighted by molar-refractivity contribution is 0.340. The fourth-order valence-electron chi connectivity index (χ4n) is 2.76. The molecule has 0 saturated heterocycles. The van der Waals surface area contributed by atoms with Gasteiger partial charge in [-0.25, -0.2) is 0 Å². The predicted molar refractivity (Wildman–Crippen MR) is 134 cm³/mol. The third-order valence-corrected chi connectivity index (χ3v) is 8.25. The molecule has 0 fully saturated rings. The number of ether oxygens (including phenoxy) is 2. The maximum Gasteiger partial charge on any atom is 0.175 e. The maximum atomic E-state index is 5.40. The Labute approximate surface area is 183 Å². The lowest BCUT2D eigenvalue weighted by atomic mass is 10.3. The SMILES string of the molecule is CCOc1ccc(NC(=S)Nc2ccc(OCC)cc2)cc1.CC[SiH](CC)CC. The molecule has 0 spiro atoms. The Hall–Kier alpha value is -2.05. The van der Waals surface area contributed by atoms with Crippen LogP contribution in [0.3, 0.4) is 0 Å². The van der Waals surface area contributed by atoms with Gasteiger partial charge >= 0.3 is 0 Å². The van der Waals surface area contributed by atoms with Gasteiger partial charge in [-0.2, -0.15) is 0 Å². The van der Waals surface area contributed by atoms with Crippen LogP contribution in [0.1, 0.15) is 34.6 Å². The van der Waals surface area contributed by atoms with Crippen molar-refractivity contribution in [3.63, 3.8) is 0 Å². The van der Waals surface area contributed by atoms with Gasteiger partial charge in [-0.05, 0) is 74.6 Å². The van der Waals surface area contributed by atoms with Crippen LogP contribution >= 0.6 is 12.2 Å². The second kappa shape index (κ2) is 14.9. The van der Waals surface area contributed by atoms with E-state index >= 15 is 0 Å². The molecule has 0 aliphatic rings. The summed E-state index contributed by atoms with van der Waals surface area (Å²) in [7, 11) is -0.171. The molecule has 0 amide bonds. The predicted octanol–water partition coefficient (Wildman–Crippen LogP) is 6.57. The van der Waals surface area contributed by atoms with Crippen molar-refractivity contribution in [1.82, 2.24) is 0 Å². The van der Waals surface area contributed by atoms with Gasteiger partial charge in [-0.1, -0.05) is 38.9 Å². The molecule has 2 aromatic rings. The highest BCUT2D eigenvalue weighted by molar-refractivity contribution is 7.80. The van der Waals surface area contributed by atoms with Crippen LogP contribution in [0.25, 0.3) is 0 Å². The number of rotatable bonds is 9. The summed E-state index contributed by atoms with van der Waals surface area (Å²) >= 11 is 5.30. The van der Waals surface area contributed by atoms with E-state index in [9.17, 15) is 0 Å². The number of nitrogens with one attached hydrogen (secondary N) is 2. The molecule has 0 radical (unpaired) electrons. The van der Waals surface area contributed by atoms with Gasteiger partial charge < -0.3 is 20.1 Å². The second-order valence-corrected chi connectivity index (χ2v) is 11.2. The fourth-order valence-corrected chi connectivity index (χ4v) is 4.73. The molecule has 0 aromatic heterocycles. The third kappa shape index (κ3) is 10.3. The van der Waals surface area contributed by atoms with E-state index in [0.717, 1.165) is 22.9 Å². The summed E-state index contributed by atoms with van der Waals surface area (Å²) in [4.78, 5) is 0. The molecule has 0 atom stereocenters. The molecule has 4 nitrogen and oxygen atoms in total. The molecule has 0 bridgehead atoms. The molecular formula is C23H36N2O2SSi. The van der Waals surface area contributed by atoms with Crippen LogP contribution in [0.5, 0.6) is 11.5 Å². The Balaban J connectivity index is 0.000000516. The van der Waals surface area contributed by atoms with E-state index in [2.05, 4.69) is 31.4 Å². The van der Waals surface area contributed by atoms with Crippen LogP contribution < -0.4 is 20.1 Å². The second-order valence-electron chi connectivity index (χ2n) is 6.58. The Bertz CT molecular complexity index is 630. The molecule has 0 aliphatic carbocycles. The van der Waals surface area contributed by atoms with Crippen LogP contribution in [-0.4, -0.2) is 27.1 Å². The third-order valence-electron chi connectivity index (χ3n) is 4.58. The van der Waals surface area contributed by atoms with E-state index in [0.29, 0.717) is 18.3 Å². The van der Waals surface area contributed by atoms with Crippen molar-refractivity contribution in [1.29, 1.82) is 0 Å². The minimum absolute atomic E-state index is 0.171. The molecule has 2 aromatic carbocycles. The first-order valence-corrected chi connectivity index (χ1v) is 13.5. The zero-order valence-corrected chi connectivity index (χ0v) is 20.4. The first-order valence-electron chi connectivity index (χ1n) is 10.6. The minimum atomic E-state index is -0.171. The number of anilines is 2. The van der Waals surface area contributed by atoms with Gasteiger partial charge in [0, 0.05) is 20.2 Å². The van der Waals surface area contributed by atoms with Gasteiger partial charge in [-0.15, -0.1) is 0 Å². The molecule has 2 rings (SSSR count). The summed E-state index contributed by atoms with van der Waals surface area (Å²) < 4.78 is 10.8. The normalized spacial score (nSPS) is 10.0. The van der Waals surface area contributed by atoms with Gasteiger partial charge in [0.25, 0.3) is 0 Å². The average molecular weight is 433 g/mol. The monoisotopic (exact) mass is 432 g/mol. The highest BCUT2D eigenvalue weighted by Crippen LogP contribution is 2.18. The average Bonchev–Trinajstić information content (AvgIpc) is 2.73. The van der Waals surface area contributed by atoms with Crippen LogP contribution in [0.4, 0.5) is 11.4 Å². The van der Waals surface area contributed by atoms with Gasteiger partial charge in [0.05, 0.1) is 13.2 Å². The number of thiocarbonyl (C=S) groups is 1. The highest BCUT2D eigenvalue weighted by atomic mass is 32.1. The molecule has 0 aliphatic heterocycles. The standard InChI is InChI=1S/C17H20N2O2S.C6H16Si/c1-3-20-15-9-5-13(6-10-15)18-17(22)19-14-7-11-16(12-8-14)21-4-2;1-4-7(5-2)6-3/h5-12H,3-4H2,1-2H3,(H2,18,19,22);7H,4-6H2,1-3H3. The van der Waals surface area contributed by atoms with E-state index in [4.69, 9.17) is 21.7 Å². The van der Waals surface area contributed by atoms with Crippen molar-refractivity contribution in [3.05, 3.63) is 48.5 Å². The molecular weight excluding hydrogens is 396 g/mol. The topological polar surface area (TPSA) is 42.5 Å². The van der Waals surface area contributed by atoms with E-state index < -0.39 is 0 Å². The van der Waals surface area contributed by atoms with Crippen LogP contribution in [0.15, 0.2) is 48.5 Å². The Morgan fingerprint density at radius 3 is 1.28 bits per heavy atom. The van der Waals surface area contributed by atoms with Crippen molar-refractivity contribution < 1.29 is 9.47 Å².